The fourth-order valence-electron chi connectivity index (χ4n) is 3.39. The Kier molecular flexibility index (Phi) is 7.11. The van der Waals surface area contributed by atoms with E-state index in [1.54, 1.807) is 6.92 Å². The van der Waals surface area contributed by atoms with Crippen molar-refractivity contribution in [2.45, 2.75) is 56.1 Å². The van der Waals surface area contributed by atoms with E-state index < -0.39 is 21.1 Å². The van der Waals surface area contributed by atoms with E-state index in [0.29, 0.717) is 5.75 Å². The van der Waals surface area contributed by atoms with Crippen molar-refractivity contribution in [3.63, 3.8) is 0 Å². The zero-order valence-corrected chi connectivity index (χ0v) is 17.9. The lowest BCUT2D eigenvalue weighted by Gasteiger charge is -2.24. The molecule has 0 radical (unpaired) electrons. The highest BCUT2D eigenvalue weighted by Gasteiger charge is 2.21. The number of benzene rings is 2. The molecule has 2 N–H and O–H groups in total. The van der Waals surface area contributed by atoms with Crippen molar-refractivity contribution in [1.82, 2.24) is 5.32 Å². The second kappa shape index (κ2) is 9.78. The second-order valence-electron chi connectivity index (χ2n) is 7.48. The number of carbonyl (C=O) groups is 1. The first-order valence-electron chi connectivity index (χ1n) is 10.1. The predicted molar refractivity (Wildman–Crippen MR) is 115 cm³/mol. The number of nitro groups is 1. The summed E-state index contributed by atoms with van der Waals surface area (Å²) in [6.07, 6.45) is 4.68. The number of carbonyl (C=O) groups excluding carboxylic acids is 1. The first kappa shape index (κ1) is 22.5. The molecule has 2 aromatic carbocycles. The van der Waals surface area contributed by atoms with Gasteiger partial charge in [0.1, 0.15) is 5.75 Å². The van der Waals surface area contributed by atoms with Crippen molar-refractivity contribution in [1.29, 1.82) is 0 Å². The smallest absolute Gasteiger partial charge is 0.269 e. The second-order valence-corrected chi connectivity index (χ2v) is 9.17. The number of nitro benzene ring substituents is 1. The average Bonchev–Trinajstić information content (AvgIpc) is 2.75. The maximum atomic E-state index is 12.5. The quantitative estimate of drug-likeness (QED) is 0.470. The first-order valence-corrected chi connectivity index (χ1v) is 11.6. The molecule has 3 rings (SSSR count). The lowest BCUT2D eigenvalue weighted by molar-refractivity contribution is -0.384. The number of anilines is 1. The zero-order valence-electron chi connectivity index (χ0n) is 17.1. The largest absolute Gasteiger partial charge is 0.481 e. The van der Waals surface area contributed by atoms with E-state index in [2.05, 4.69) is 10.0 Å². The monoisotopic (exact) mass is 447 g/mol. The van der Waals surface area contributed by atoms with E-state index in [1.807, 2.05) is 0 Å². The summed E-state index contributed by atoms with van der Waals surface area (Å²) < 4.78 is 33.1. The van der Waals surface area contributed by atoms with Crippen LogP contribution in [0.15, 0.2) is 53.4 Å². The third-order valence-electron chi connectivity index (χ3n) is 5.10. The number of hydrogen-bond acceptors (Lipinski definition) is 6. The van der Waals surface area contributed by atoms with Crippen LogP contribution in [0.2, 0.25) is 0 Å². The standard InChI is InChI=1S/C21H25N3O6S/c1-15(21(25)22-16-5-3-2-4-6-16)30-19-11-13-20(14-12-19)31(28,29)23-17-7-9-18(10-8-17)24(26)27/h7-16,23H,2-6H2,1H3,(H,22,25)/t15-/m0/s1. The van der Waals surface area contributed by atoms with Gasteiger partial charge in [0.05, 0.1) is 9.82 Å². The lowest BCUT2D eigenvalue weighted by Crippen LogP contribution is -2.43. The van der Waals surface area contributed by atoms with Crippen LogP contribution in [0.3, 0.4) is 0 Å². The lowest BCUT2D eigenvalue weighted by atomic mass is 9.95. The highest BCUT2D eigenvalue weighted by atomic mass is 32.2. The molecule has 1 aliphatic rings. The maximum absolute atomic E-state index is 12.5. The number of sulfonamides is 1. The molecule has 1 saturated carbocycles. The van der Waals surface area contributed by atoms with Crippen LogP contribution in [-0.4, -0.2) is 31.4 Å². The molecule has 9 nitrogen and oxygen atoms in total. The van der Waals surface area contributed by atoms with Crippen LogP contribution < -0.4 is 14.8 Å². The van der Waals surface area contributed by atoms with Crippen LogP contribution in [-0.2, 0) is 14.8 Å². The van der Waals surface area contributed by atoms with Crippen molar-refractivity contribution in [2.75, 3.05) is 4.72 Å². The van der Waals surface area contributed by atoms with Gasteiger partial charge in [-0.1, -0.05) is 19.3 Å². The molecule has 0 spiro atoms. The number of nitrogens with zero attached hydrogens (tertiary/aromatic N) is 1. The third-order valence-corrected chi connectivity index (χ3v) is 6.50. The summed E-state index contributed by atoms with van der Waals surface area (Å²) in [6, 6.07) is 11.0. The normalized spacial score (nSPS) is 15.6. The van der Waals surface area contributed by atoms with Gasteiger partial charge >= 0.3 is 0 Å². The van der Waals surface area contributed by atoms with Crippen LogP contribution in [0.25, 0.3) is 0 Å². The van der Waals surface area contributed by atoms with Gasteiger partial charge in [-0.05, 0) is 56.2 Å². The highest BCUT2D eigenvalue weighted by Crippen LogP contribution is 2.22. The molecule has 0 aromatic heterocycles. The molecular weight excluding hydrogens is 422 g/mol. The maximum Gasteiger partial charge on any atom is 0.269 e. The Morgan fingerprint density at radius 1 is 1.06 bits per heavy atom. The molecule has 1 atom stereocenters. The average molecular weight is 448 g/mol. The predicted octanol–water partition coefficient (Wildman–Crippen LogP) is 3.61. The van der Waals surface area contributed by atoms with E-state index in [4.69, 9.17) is 4.74 Å². The van der Waals surface area contributed by atoms with Gasteiger partial charge in [-0.25, -0.2) is 8.42 Å². The summed E-state index contributed by atoms with van der Waals surface area (Å²) in [5.74, 6) is 0.184. The molecule has 1 fully saturated rings. The van der Waals surface area contributed by atoms with Gasteiger partial charge in [0.15, 0.2) is 6.10 Å². The zero-order chi connectivity index (χ0) is 22.4. The van der Waals surface area contributed by atoms with Crippen LogP contribution in [0.5, 0.6) is 5.75 Å². The molecule has 0 saturated heterocycles. The molecule has 1 aliphatic carbocycles. The van der Waals surface area contributed by atoms with Crippen LogP contribution >= 0.6 is 0 Å². The topological polar surface area (TPSA) is 128 Å². The van der Waals surface area contributed by atoms with Crippen molar-refractivity contribution in [2.24, 2.45) is 0 Å². The summed E-state index contributed by atoms with van der Waals surface area (Å²) in [7, 11) is -3.88. The third kappa shape index (κ3) is 6.17. The molecule has 0 heterocycles. The van der Waals surface area contributed by atoms with Gasteiger partial charge in [0.2, 0.25) is 0 Å². The van der Waals surface area contributed by atoms with Crippen molar-refractivity contribution >= 4 is 27.3 Å². The number of hydrogen-bond donors (Lipinski definition) is 2. The minimum absolute atomic E-state index is 0.00230. The summed E-state index contributed by atoms with van der Waals surface area (Å²) >= 11 is 0. The van der Waals surface area contributed by atoms with Gasteiger partial charge < -0.3 is 10.1 Å². The van der Waals surface area contributed by atoms with Crippen molar-refractivity contribution in [3.8, 4) is 5.75 Å². The van der Waals surface area contributed by atoms with Crippen molar-refractivity contribution < 1.29 is 22.9 Å². The summed E-state index contributed by atoms with van der Waals surface area (Å²) in [5.41, 5.74) is 0.0741. The Bertz CT molecular complexity index is 1020. The number of nitrogens with one attached hydrogen (secondary N) is 2. The Morgan fingerprint density at radius 3 is 2.26 bits per heavy atom. The molecule has 0 unspecified atom stereocenters. The van der Waals surface area contributed by atoms with E-state index in [0.717, 1.165) is 25.7 Å². The number of ether oxygens (including phenoxy) is 1. The van der Waals surface area contributed by atoms with Gasteiger partial charge in [-0.3, -0.25) is 19.6 Å². The van der Waals surface area contributed by atoms with Crippen LogP contribution in [0.1, 0.15) is 39.0 Å². The fraction of sp³-hybridized carbons (Fsp3) is 0.381. The molecule has 10 heteroatoms. The molecule has 31 heavy (non-hydrogen) atoms. The minimum Gasteiger partial charge on any atom is -0.481 e. The number of non-ortho nitro benzene ring substituents is 1. The molecule has 166 valence electrons. The van der Waals surface area contributed by atoms with E-state index in [1.165, 1.54) is 55.0 Å². The van der Waals surface area contributed by atoms with Crippen LogP contribution in [0.4, 0.5) is 11.4 Å². The van der Waals surface area contributed by atoms with Crippen LogP contribution in [0, 0.1) is 10.1 Å². The fourth-order valence-corrected chi connectivity index (χ4v) is 4.44. The van der Waals surface area contributed by atoms with Gasteiger partial charge in [0, 0.05) is 23.9 Å². The highest BCUT2D eigenvalue weighted by molar-refractivity contribution is 7.92. The summed E-state index contributed by atoms with van der Waals surface area (Å²) in [4.78, 5) is 22.5. The Hall–Kier alpha value is -3.14. The van der Waals surface area contributed by atoms with E-state index in [-0.39, 0.29) is 28.2 Å². The molecule has 2 aromatic rings. The van der Waals surface area contributed by atoms with E-state index >= 15 is 0 Å². The SMILES string of the molecule is C[C@H](Oc1ccc(S(=O)(=O)Nc2ccc([N+](=O)[O-])cc2)cc1)C(=O)NC1CCCCC1. The van der Waals surface area contributed by atoms with Crippen molar-refractivity contribution in [3.05, 3.63) is 58.6 Å². The van der Waals surface area contributed by atoms with Gasteiger partial charge in [-0.2, -0.15) is 0 Å². The Labute approximate surface area is 181 Å². The molecule has 0 bridgehead atoms. The Balaban J connectivity index is 1.59. The molecule has 0 aliphatic heterocycles. The molecular formula is C21H25N3O6S. The number of amides is 1. The summed E-state index contributed by atoms with van der Waals surface area (Å²) in [5, 5.41) is 13.7. The van der Waals surface area contributed by atoms with Gasteiger partial charge in [-0.15, -0.1) is 0 Å². The minimum atomic E-state index is -3.88. The summed E-state index contributed by atoms with van der Waals surface area (Å²) in [6.45, 7) is 1.65. The van der Waals surface area contributed by atoms with Gasteiger partial charge in [0.25, 0.3) is 21.6 Å². The van der Waals surface area contributed by atoms with E-state index in [9.17, 15) is 23.3 Å². The molecule has 1 amide bonds. The number of rotatable bonds is 8. The Morgan fingerprint density at radius 2 is 1.68 bits per heavy atom. The first-order chi connectivity index (χ1) is 14.7.